The van der Waals surface area contributed by atoms with Crippen molar-refractivity contribution in [3.05, 3.63) is 40.3 Å². The molecule has 2 amide bonds. The third-order valence-corrected chi connectivity index (χ3v) is 6.12. The number of thioether (sulfide) groups is 2. The Labute approximate surface area is 165 Å². The summed E-state index contributed by atoms with van der Waals surface area (Å²) in [7, 11) is 1.68. The van der Waals surface area contributed by atoms with E-state index in [2.05, 4.69) is 22.5 Å². The van der Waals surface area contributed by atoms with E-state index >= 15 is 0 Å². The molecule has 1 atom stereocenters. The molecule has 2 aromatic rings. The maximum Gasteiger partial charge on any atom is 0.267 e. The van der Waals surface area contributed by atoms with Gasteiger partial charge in [-0.25, -0.2) is 4.98 Å². The van der Waals surface area contributed by atoms with Crippen LogP contribution in [0.2, 0.25) is 0 Å². The molecule has 2 N–H and O–H groups in total. The first kappa shape index (κ1) is 19.5. The molecule has 1 aliphatic heterocycles. The lowest BCUT2D eigenvalue weighted by Gasteiger charge is -2.10. The second kappa shape index (κ2) is 8.18. The minimum Gasteiger partial charge on any atom is -0.326 e. The molecule has 0 saturated carbocycles. The van der Waals surface area contributed by atoms with Gasteiger partial charge >= 0.3 is 0 Å². The molecule has 0 spiro atoms. The van der Waals surface area contributed by atoms with Crippen molar-refractivity contribution in [3.63, 3.8) is 0 Å². The minimum atomic E-state index is -0.211. The van der Waals surface area contributed by atoms with Gasteiger partial charge in [-0.1, -0.05) is 24.8 Å². The minimum absolute atomic E-state index is 0.0553. The van der Waals surface area contributed by atoms with Gasteiger partial charge in [-0.15, -0.1) is 11.8 Å². The van der Waals surface area contributed by atoms with Crippen molar-refractivity contribution in [3.8, 4) is 0 Å². The van der Waals surface area contributed by atoms with Crippen molar-refractivity contribution in [1.82, 2.24) is 9.55 Å². The van der Waals surface area contributed by atoms with Gasteiger partial charge in [-0.05, 0) is 18.2 Å². The summed E-state index contributed by atoms with van der Waals surface area (Å²) in [6.07, 6.45) is 0.770. The van der Waals surface area contributed by atoms with E-state index in [9.17, 15) is 14.4 Å². The SMILES string of the molecule is CC(=O)Nc1cccc(NC(=O)CSc2nc3c(c(=O)n2C)SC(C)C3)c1. The molecule has 9 heteroatoms. The largest absolute Gasteiger partial charge is 0.326 e. The van der Waals surface area contributed by atoms with Gasteiger partial charge in [0.1, 0.15) is 0 Å². The molecule has 2 heterocycles. The van der Waals surface area contributed by atoms with Crippen molar-refractivity contribution in [1.29, 1.82) is 0 Å². The Morgan fingerprint density at radius 3 is 2.74 bits per heavy atom. The summed E-state index contributed by atoms with van der Waals surface area (Å²) in [5.74, 6) is -0.255. The van der Waals surface area contributed by atoms with Crippen LogP contribution in [0.4, 0.5) is 11.4 Å². The molecule has 7 nitrogen and oxygen atoms in total. The van der Waals surface area contributed by atoms with Crippen LogP contribution < -0.4 is 16.2 Å². The van der Waals surface area contributed by atoms with E-state index < -0.39 is 0 Å². The summed E-state index contributed by atoms with van der Waals surface area (Å²) >= 11 is 2.79. The summed E-state index contributed by atoms with van der Waals surface area (Å²) in [6.45, 7) is 3.50. The van der Waals surface area contributed by atoms with E-state index in [4.69, 9.17) is 0 Å². The number of nitrogens with zero attached hydrogens (tertiary/aromatic N) is 2. The van der Waals surface area contributed by atoms with Gasteiger partial charge in [0.15, 0.2) is 5.16 Å². The fourth-order valence-electron chi connectivity index (χ4n) is 2.71. The van der Waals surface area contributed by atoms with Gasteiger partial charge in [0.25, 0.3) is 5.56 Å². The Bertz CT molecular complexity index is 958. The van der Waals surface area contributed by atoms with Crippen LogP contribution in [0.1, 0.15) is 19.5 Å². The Morgan fingerprint density at radius 1 is 1.33 bits per heavy atom. The van der Waals surface area contributed by atoms with Gasteiger partial charge in [0.05, 0.1) is 16.3 Å². The number of aromatic nitrogens is 2. The first-order chi connectivity index (χ1) is 12.8. The third-order valence-electron chi connectivity index (χ3n) is 3.88. The molecular formula is C18H20N4O3S2. The molecule has 0 bridgehead atoms. The average Bonchev–Trinajstić information content (AvgIpc) is 2.97. The molecule has 0 aliphatic carbocycles. The second-order valence-corrected chi connectivity index (χ2v) is 8.66. The summed E-state index contributed by atoms with van der Waals surface area (Å²) in [4.78, 5) is 41.1. The maximum atomic E-state index is 12.4. The molecule has 1 aromatic heterocycles. The van der Waals surface area contributed by atoms with Crippen LogP contribution in [0, 0.1) is 0 Å². The fourth-order valence-corrected chi connectivity index (χ4v) is 4.64. The molecule has 3 rings (SSSR count). The van der Waals surface area contributed by atoms with Crippen LogP contribution in [0.5, 0.6) is 0 Å². The number of anilines is 2. The fraction of sp³-hybridized carbons (Fsp3) is 0.333. The van der Waals surface area contributed by atoms with Gasteiger partial charge in [-0.3, -0.25) is 19.0 Å². The number of carbonyl (C=O) groups excluding carboxylic acids is 2. The Morgan fingerprint density at radius 2 is 2.04 bits per heavy atom. The summed E-state index contributed by atoms with van der Waals surface area (Å²) in [6, 6.07) is 6.93. The van der Waals surface area contributed by atoms with Gasteiger partial charge in [0, 0.05) is 37.0 Å². The molecule has 0 fully saturated rings. The predicted octanol–water partition coefficient (Wildman–Crippen LogP) is 2.51. The molecule has 0 saturated heterocycles. The number of fused-ring (bicyclic) bond motifs is 1. The van der Waals surface area contributed by atoms with E-state index in [0.29, 0.717) is 26.7 Å². The van der Waals surface area contributed by atoms with E-state index in [0.717, 1.165) is 12.1 Å². The smallest absolute Gasteiger partial charge is 0.267 e. The topological polar surface area (TPSA) is 93.1 Å². The standard InChI is InChI=1S/C18H20N4O3S2/c1-10-7-14-16(27-10)17(25)22(3)18(21-14)26-9-15(24)20-13-6-4-5-12(8-13)19-11(2)23/h4-6,8,10H,7,9H2,1-3H3,(H,19,23)(H,20,24). The molecule has 1 unspecified atom stereocenters. The van der Waals surface area contributed by atoms with Crippen molar-refractivity contribution < 1.29 is 9.59 Å². The zero-order valence-electron chi connectivity index (χ0n) is 15.2. The predicted molar refractivity (Wildman–Crippen MR) is 109 cm³/mol. The summed E-state index contributed by atoms with van der Waals surface area (Å²) in [5.41, 5.74) is 1.97. The van der Waals surface area contributed by atoms with Crippen LogP contribution >= 0.6 is 23.5 Å². The molecule has 142 valence electrons. The quantitative estimate of drug-likeness (QED) is 0.588. The van der Waals surface area contributed by atoms with Crippen molar-refractivity contribution in [2.45, 2.75) is 35.6 Å². The normalized spacial score (nSPS) is 15.3. The highest BCUT2D eigenvalue weighted by molar-refractivity contribution is 8.00. The number of nitrogens with one attached hydrogen (secondary N) is 2. The number of carbonyl (C=O) groups is 2. The van der Waals surface area contributed by atoms with Crippen LogP contribution in [0.3, 0.4) is 0 Å². The number of hydrogen-bond donors (Lipinski definition) is 2. The molecular weight excluding hydrogens is 384 g/mol. The van der Waals surface area contributed by atoms with E-state index in [1.54, 1.807) is 43.1 Å². The first-order valence-corrected chi connectivity index (χ1v) is 10.3. The number of benzene rings is 1. The highest BCUT2D eigenvalue weighted by Gasteiger charge is 2.25. The highest BCUT2D eigenvalue weighted by atomic mass is 32.2. The zero-order chi connectivity index (χ0) is 19.6. The lowest BCUT2D eigenvalue weighted by atomic mass is 10.2. The molecule has 27 heavy (non-hydrogen) atoms. The van der Waals surface area contributed by atoms with E-state index in [1.807, 2.05) is 0 Å². The molecule has 1 aliphatic rings. The Hall–Kier alpha value is -2.26. The highest BCUT2D eigenvalue weighted by Crippen LogP contribution is 2.33. The number of hydrogen-bond acceptors (Lipinski definition) is 6. The van der Waals surface area contributed by atoms with Crippen LogP contribution in [0.25, 0.3) is 0 Å². The first-order valence-electron chi connectivity index (χ1n) is 8.40. The van der Waals surface area contributed by atoms with Crippen molar-refractivity contribution >= 4 is 46.7 Å². The van der Waals surface area contributed by atoms with Crippen molar-refractivity contribution in [2.75, 3.05) is 16.4 Å². The van der Waals surface area contributed by atoms with E-state index in [-0.39, 0.29) is 23.1 Å². The lowest BCUT2D eigenvalue weighted by Crippen LogP contribution is -2.23. The number of amides is 2. The van der Waals surface area contributed by atoms with Crippen LogP contribution in [-0.4, -0.2) is 32.4 Å². The second-order valence-electron chi connectivity index (χ2n) is 6.27. The monoisotopic (exact) mass is 404 g/mol. The summed E-state index contributed by atoms with van der Waals surface area (Å²) in [5, 5.41) is 6.35. The molecule has 0 radical (unpaired) electrons. The lowest BCUT2D eigenvalue weighted by molar-refractivity contribution is -0.114. The van der Waals surface area contributed by atoms with Crippen molar-refractivity contribution in [2.24, 2.45) is 7.05 Å². The summed E-state index contributed by atoms with van der Waals surface area (Å²) < 4.78 is 1.50. The van der Waals surface area contributed by atoms with Gasteiger partial charge in [-0.2, -0.15) is 0 Å². The van der Waals surface area contributed by atoms with Crippen LogP contribution in [0.15, 0.2) is 39.1 Å². The van der Waals surface area contributed by atoms with Gasteiger partial charge in [0.2, 0.25) is 11.8 Å². The Kier molecular flexibility index (Phi) is 5.91. The van der Waals surface area contributed by atoms with Gasteiger partial charge < -0.3 is 10.6 Å². The Balaban J connectivity index is 1.65. The zero-order valence-corrected chi connectivity index (χ0v) is 16.9. The molecule has 1 aromatic carbocycles. The number of rotatable bonds is 5. The average molecular weight is 405 g/mol. The van der Waals surface area contributed by atoms with Crippen LogP contribution in [-0.2, 0) is 23.1 Å². The maximum absolute atomic E-state index is 12.4. The third kappa shape index (κ3) is 4.72. The van der Waals surface area contributed by atoms with E-state index in [1.165, 1.54) is 23.3 Å².